The first-order chi connectivity index (χ1) is 12.2. The number of nitriles is 1. The van der Waals surface area contributed by atoms with Crippen LogP contribution in [-0.2, 0) is 11.0 Å². The zero-order valence-corrected chi connectivity index (χ0v) is 13.8. The summed E-state index contributed by atoms with van der Waals surface area (Å²) in [4.78, 5) is 4.14. The molecule has 0 bridgehead atoms. The fourth-order valence-corrected chi connectivity index (χ4v) is 2.81. The van der Waals surface area contributed by atoms with E-state index in [2.05, 4.69) is 11.1 Å². The van der Waals surface area contributed by atoms with Gasteiger partial charge in [-0.25, -0.2) is 18.2 Å². The van der Waals surface area contributed by atoms with Gasteiger partial charge in [-0.15, -0.1) is 0 Å². The van der Waals surface area contributed by atoms with E-state index in [0.29, 0.717) is 11.1 Å². The van der Waals surface area contributed by atoms with Gasteiger partial charge in [-0.2, -0.15) is 5.26 Å². The van der Waals surface area contributed by atoms with Crippen LogP contribution in [0.25, 0.3) is 11.3 Å². The summed E-state index contributed by atoms with van der Waals surface area (Å²) in [5.74, 6) is -0.228. The standard InChI is InChI=1S/C18H16F3N3O2/c1-17(7-22)9-26-15-12(17)6-13(18(25,8-23)16(20)21)24-14(15)10-2-4-11(19)5-3-10/h2-6,16,25H,8-9,23H2,1H3/t17-,18?/m0/s1. The molecule has 1 aromatic carbocycles. The van der Waals surface area contributed by atoms with Crippen LogP contribution < -0.4 is 10.5 Å². The maximum absolute atomic E-state index is 13.5. The van der Waals surface area contributed by atoms with Crippen LogP contribution in [0.3, 0.4) is 0 Å². The predicted molar refractivity (Wildman–Crippen MR) is 87.0 cm³/mol. The fraction of sp³-hybridized carbons (Fsp3) is 0.333. The first-order valence-corrected chi connectivity index (χ1v) is 7.82. The highest BCUT2D eigenvalue weighted by Crippen LogP contribution is 2.45. The van der Waals surface area contributed by atoms with E-state index in [9.17, 15) is 23.5 Å². The van der Waals surface area contributed by atoms with Crippen molar-refractivity contribution in [1.29, 1.82) is 5.26 Å². The summed E-state index contributed by atoms with van der Waals surface area (Å²) in [6.45, 7) is 0.845. The van der Waals surface area contributed by atoms with Crippen molar-refractivity contribution in [3.8, 4) is 23.1 Å². The van der Waals surface area contributed by atoms with E-state index in [1.165, 1.54) is 30.3 Å². The van der Waals surface area contributed by atoms with Crippen molar-refractivity contribution in [2.75, 3.05) is 13.2 Å². The van der Waals surface area contributed by atoms with Gasteiger partial charge in [0.1, 0.15) is 23.5 Å². The number of rotatable bonds is 4. The molecule has 3 N–H and O–H groups in total. The summed E-state index contributed by atoms with van der Waals surface area (Å²) in [6.07, 6.45) is -3.19. The zero-order valence-electron chi connectivity index (χ0n) is 13.8. The van der Waals surface area contributed by atoms with Crippen molar-refractivity contribution in [2.45, 2.75) is 24.4 Å². The Labute approximate surface area is 147 Å². The van der Waals surface area contributed by atoms with Gasteiger partial charge in [-0.1, -0.05) is 0 Å². The first-order valence-electron chi connectivity index (χ1n) is 7.82. The number of ether oxygens (including phenoxy) is 1. The number of halogens is 3. The monoisotopic (exact) mass is 363 g/mol. The minimum absolute atomic E-state index is 0.00783. The Morgan fingerprint density at radius 2 is 2.08 bits per heavy atom. The highest BCUT2D eigenvalue weighted by Gasteiger charge is 2.45. The molecule has 2 atom stereocenters. The number of alkyl halides is 2. The molecular weight excluding hydrogens is 347 g/mol. The lowest BCUT2D eigenvalue weighted by Crippen LogP contribution is -2.43. The molecule has 0 saturated heterocycles. The minimum Gasteiger partial charge on any atom is -0.489 e. The van der Waals surface area contributed by atoms with Gasteiger partial charge in [0.15, 0.2) is 11.4 Å². The smallest absolute Gasteiger partial charge is 0.273 e. The van der Waals surface area contributed by atoms with Gasteiger partial charge in [0.2, 0.25) is 0 Å². The van der Waals surface area contributed by atoms with Gasteiger partial charge in [-0.3, -0.25) is 0 Å². The summed E-state index contributed by atoms with van der Waals surface area (Å²) < 4.78 is 45.8. The summed E-state index contributed by atoms with van der Waals surface area (Å²) in [7, 11) is 0. The average Bonchev–Trinajstić information content (AvgIpc) is 2.98. The number of aromatic nitrogens is 1. The quantitative estimate of drug-likeness (QED) is 0.871. The lowest BCUT2D eigenvalue weighted by Gasteiger charge is -2.26. The highest BCUT2D eigenvalue weighted by molar-refractivity contribution is 5.71. The number of hydrogen-bond donors (Lipinski definition) is 2. The molecule has 5 nitrogen and oxygen atoms in total. The van der Waals surface area contributed by atoms with Gasteiger partial charge in [0.05, 0.1) is 11.8 Å². The Hall–Kier alpha value is -2.63. The Balaban J connectivity index is 2.30. The molecule has 0 amide bonds. The zero-order chi connectivity index (χ0) is 19.1. The van der Waals surface area contributed by atoms with E-state index in [1.807, 2.05) is 0 Å². The highest BCUT2D eigenvalue weighted by atomic mass is 19.3. The van der Waals surface area contributed by atoms with Crippen LogP contribution in [0.1, 0.15) is 18.2 Å². The van der Waals surface area contributed by atoms with Crippen LogP contribution in [0.15, 0.2) is 30.3 Å². The Bertz CT molecular complexity index is 882. The molecule has 0 spiro atoms. The van der Waals surface area contributed by atoms with E-state index < -0.39 is 29.8 Å². The maximum Gasteiger partial charge on any atom is 0.273 e. The molecule has 0 aliphatic carbocycles. The van der Waals surface area contributed by atoms with Crippen molar-refractivity contribution in [2.24, 2.45) is 5.73 Å². The molecule has 26 heavy (non-hydrogen) atoms. The van der Waals surface area contributed by atoms with E-state index >= 15 is 0 Å². The van der Waals surface area contributed by atoms with E-state index in [1.54, 1.807) is 6.92 Å². The summed E-state index contributed by atoms with van der Waals surface area (Å²) in [5, 5.41) is 19.8. The normalized spacial score (nSPS) is 21.0. The molecule has 3 rings (SSSR count). The van der Waals surface area contributed by atoms with Crippen LogP contribution in [0.2, 0.25) is 0 Å². The third-order valence-corrected chi connectivity index (χ3v) is 4.55. The molecule has 1 aliphatic rings. The molecule has 136 valence electrons. The second-order valence-electron chi connectivity index (χ2n) is 6.40. The van der Waals surface area contributed by atoms with Crippen LogP contribution in [0.4, 0.5) is 13.2 Å². The molecule has 0 radical (unpaired) electrons. The molecule has 0 saturated carbocycles. The molecular formula is C18H16F3N3O2. The van der Waals surface area contributed by atoms with Crippen molar-refractivity contribution in [3.63, 3.8) is 0 Å². The number of hydrogen-bond acceptors (Lipinski definition) is 5. The molecule has 8 heteroatoms. The second kappa shape index (κ2) is 6.27. The van der Waals surface area contributed by atoms with Gasteiger partial charge in [0.25, 0.3) is 6.43 Å². The molecule has 0 fully saturated rings. The van der Waals surface area contributed by atoms with E-state index in [4.69, 9.17) is 10.5 Å². The molecule has 2 heterocycles. The molecule has 2 aromatic rings. The number of pyridine rings is 1. The van der Waals surface area contributed by atoms with Crippen LogP contribution in [-0.4, -0.2) is 29.7 Å². The largest absolute Gasteiger partial charge is 0.489 e. The third-order valence-electron chi connectivity index (χ3n) is 4.55. The topological polar surface area (TPSA) is 92.2 Å². The lowest BCUT2D eigenvalue weighted by atomic mass is 9.84. The van der Waals surface area contributed by atoms with E-state index in [-0.39, 0.29) is 23.7 Å². The Morgan fingerprint density at radius 1 is 1.42 bits per heavy atom. The number of nitrogens with two attached hydrogens (primary N) is 1. The van der Waals surface area contributed by atoms with Gasteiger partial charge >= 0.3 is 0 Å². The molecule has 1 unspecified atom stereocenters. The number of nitrogens with zero attached hydrogens (tertiary/aromatic N) is 2. The van der Waals surface area contributed by atoms with Crippen molar-refractivity contribution in [3.05, 3.63) is 47.4 Å². The molecule has 1 aromatic heterocycles. The SMILES string of the molecule is C[C@]1(C#N)COc2c1cc(C(O)(CN)C(F)F)nc2-c1ccc(F)cc1. The van der Waals surface area contributed by atoms with Crippen molar-refractivity contribution in [1.82, 2.24) is 4.98 Å². The predicted octanol–water partition coefficient (Wildman–Crippen LogP) is 2.47. The third kappa shape index (κ3) is 2.69. The fourth-order valence-electron chi connectivity index (χ4n) is 2.81. The van der Waals surface area contributed by atoms with Crippen LogP contribution in [0, 0.1) is 17.1 Å². The summed E-state index contributed by atoms with van der Waals surface area (Å²) in [5.41, 5.74) is 2.12. The number of benzene rings is 1. The first kappa shape index (κ1) is 18.2. The number of fused-ring (bicyclic) bond motifs is 1. The van der Waals surface area contributed by atoms with Crippen LogP contribution >= 0.6 is 0 Å². The van der Waals surface area contributed by atoms with Gasteiger partial charge < -0.3 is 15.6 Å². The second-order valence-corrected chi connectivity index (χ2v) is 6.40. The summed E-state index contributed by atoms with van der Waals surface area (Å²) >= 11 is 0. The number of aliphatic hydroxyl groups is 1. The summed E-state index contributed by atoms with van der Waals surface area (Å²) in [6, 6.07) is 8.54. The van der Waals surface area contributed by atoms with Gasteiger partial charge in [0, 0.05) is 17.7 Å². The Morgan fingerprint density at radius 3 is 2.62 bits per heavy atom. The van der Waals surface area contributed by atoms with Crippen molar-refractivity contribution < 1.29 is 23.0 Å². The molecule has 1 aliphatic heterocycles. The van der Waals surface area contributed by atoms with Crippen molar-refractivity contribution >= 4 is 0 Å². The minimum atomic E-state index is -3.19. The Kier molecular flexibility index (Phi) is 4.38. The van der Waals surface area contributed by atoms with Crippen LogP contribution in [0.5, 0.6) is 5.75 Å². The maximum atomic E-state index is 13.5. The average molecular weight is 363 g/mol. The van der Waals surface area contributed by atoms with Gasteiger partial charge in [-0.05, 0) is 37.3 Å². The van der Waals surface area contributed by atoms with E-state index in [0.717, 1.165) is 0 Å². The lowest BCUT2D eigenvalue weighted by molar-refractivity contribution is -0.0975.